The molecule has 0 spiro atoms. The van der Waals surface area contributed by atoms with Gasteiger partial charge in [0.25, 0.3) is 0 Å². The van der Waals surface area contributed by atoms with E-state index in [1.807, 2.05) is 24.3 Å². The molecule has 0 fully saturated rings. The molecule has 19 heavy (non-hydrogen) atoms. The first-order valence-electron chi connectivity index (χ1n) is 6.07. The Morgan fingerprint density at radius 2 is 2.05 bits per heavy atom. The first kappa shape index (κ1) is 13.1. The maximum absolute atomic E-state index is 11.5. The molecule has 0 radical (unpaired) electrons. The van der Waals surface area contributed by atoms with E-state index in [9.17, 15) is 9.59 Å². The first-order chi connectivity index (χ1) is 9.15. The third-order valence-corrected chi connectivity index (χ3v) is 2.69. The van der Waals surface area contributed by atoms with Crippen molar-refractivity contribution in [3.05, 3.63) is 30.1 Å². The van der Waals surface area contributed by atoms with Crippen LogP contribution in [0, 0.1) is 0 Å². The fourth-order valence-electron chi connectivity index (χ4n) is 1.75. The van der Waals surface area contributed by atoms with E-state index < -0.39 is 5.97 Å². The number of benzene rings is 1. The van der Waals surface area contributed by atoms with E-state index in [0.29, 0.717) is 12.8 Å². The Morgan fingerprint density at radius 3 is 2.79 bits per heavy atom. The van der Waals surface area contributed by atoms with Gasteiger partial charge in [0.2, 0.25) is 5.91 Å². The minimum Gasteiger partial charge on any atom is -0.481 e. The van der Waals surface area contributed by atoms with Crippen LogP contribution in [0.5, 0.6) is 0 Å². The summed E-state index contributed by atoms with van der Waals surface area (Å²) in [5.41, 5.74) is 1.83. The number of carboxylic acid groups (broad SMARTS) is 1. The molecular formula is C13H15N3O3. The summed E-state index contributed by atoms with van der Waals surface area (Å²) in [5.74, 6) is -0.325. The maximum atomic E-state index is 11.5. The lowest BCUT2D eigenvalue weighted by Crippen LogP contribution is -2.26. The molecule has 2 aromatic rings. The van der Waals surface area contributed by atoms with Gasteiger partial charge in [-0.2, -0.15) is 0 Å². The molecule has 100 valence electrons. The monoisotopic (exact) mass is 261 g/mol. The van der Waals surface area contributed by atoms with Gasteiger partial charge in [-0.1, -0.05) is 12.1 Å². The Hall–Kier alpha value is -2.37. The Kier molecular flexibility index (Phi) is 4.12. The third-order valence-electron chi connectivity index (χ3n) is 2.69. The van der Waals surface area contributed by atoms with Crippen molar-refractivity contribution < 1.29 is 14.7 Å². The molecule has 0 aliphatic rings. The van der Waals surface area contributed by atoms with Crippen LogP contribution in [-0.2, 0) is 16.0 Å². The Balaban J connectivity index is 1.81. The number of nitrogens with zero attached hydrogens (tertiary/aromatic N) is 1. The van der Waals surface area contributed by atoms with Crippen molar-refractivity contribution in [3.63, 3.8) is 0 Å². The van der Waals surface area contributed by atoms with Crippen LogP contribution in [0.3, 0.4) is 0 Å². The quantitative estimate of drug-likeness (QED) is 0.725. The summed E-state index contributed by atoms with van der Waals surface area (Å²) in [6.45, 7) is 0.161. The van der Waals surface area contributed by atoms with Gasteiger partial charge in [-0.25, -0.2) is 4.98 Å². The summed E-state index contributed by atoms with van der Waals surface area (Å²) >= 11 is 0. The number of aliphatic carboxylic acids is 1. The number of carbonyl (C=O) groups is 2. The zero-order valence-corrected chi connectivity index (χ0v) is 10.3. The van der Waals surface area contributed by atoms with Crippen LogP contribution in [-0.4, -0.2) is 33.5 Å². The van der Waals surface area contributed by atoms with Gasteiger partial charge < -0.3 is 15.4 Å². The number of para-hydroxylation sites is 2. The average Bonchev–Trinajstić information content (AvgIpc) is 2.78. The van der Waals surface area contributed by atoms with Crippen molar-refractivity contribution in [2.24, 2.45) is 0 Å². The lowest BCUT2D eigenvalue weighted by molar-refractivity contribution is -0.136. The van der Waals surface area contributed by atoms with Crippen LogP contribution >= 0.6 is 0 Å². The SMILES string of the molecule is O=C(O)CCNC(=O)CCc1nc2ccccc2[nH]1. The Bertz CT molecular complexity index is 559. The molecule has 0 aliphatic carbocycles. The standard InChI is InChI=1S/C13H15N3O3/c17-12(14-8-7-13(18)19)6-5-11-15-9-3-1-2-4-10(9)16-11/h1-4H,5-8H2,(H,14,17)(H,15,16)(H,18,19). The molecule has 0 saturated heterocycles. The van der Waals surface area contributed by atoms with Crippen LogP contribution in [0.2, 0.25) is 0 Å². The lowest BCUT2D eigenvalue weighted by Gasteiger charge is -2.01. The van der Waals surface area contributed by atoms with E-state index >= 15 is 0 Å². The molecule has 0 saturated carbocycles. The highest BCUT2D eigenvalue weighted by molar-refractivity contribution is 5.77. The molecule has 0 unspecified atom stereocenters. The molecule has 2 rings (SSSR count). The van der Waals surface area contributed by atoms with Gasteiger partial charge in [0.05, 0.1) is 17.5 Å². The number of aryl methyl sites for hydroxylation is 1. The molecule has 0 aliphatic heterocycles. The number of hydrogen-bond donors (Lipinski definition) is 3. The van der Waals surface area contributed by atoms with E-state index in [-0.39, 0.29) is 18.9 Å². The van der Waals surface area contributed by atoms with Crippen LogP contribution in [0.1, 0.15) is 18.7 Å². The number of aromatic nitrogens is 2. The molecule has 6 nitrogen and oxygen atoms in total. The number of H-pyrrole nitrogens is 1. The highest BCUT2D eigenvalue weighted by Gasteiger charge is 2.06. The smallest absolute Gasteiger partial charge is 0.305 e. The van der Waals surface area contributed by atoms with Crippen LogP contribution < -0.4 is 5.32 Å². The Labute approximate surface area is 109 Å². The van der Waals surface area contributed by atoms with E-state index in [4.69, 9.17) is 5.11 Å². The minimum atomic E-state index is -0.919. The second kappa shape index (κ2) is 5.99. The average molecular weight is 261 g/mol. The fraction of sp³-hybridized carbons (Fsp3) is 0.308. The van der Waals surface area contributed by atoms with Crippen molar-refractivity contribution in [1.82, 2.24) is 15.3 Å². The number of aromatic amines is 1. The predicted molar refractivity (Wildman–Crippen MR) is 69.7 cm³/mol. The third kappa shape index (κ3) is 3.80. The van der Waals surface area contributed by atoms with Crippen molar-refractivity contribution in [2.75, 3.05) is 6.54 Å². The second-order valence-electron chi connectivity index (χ2n) is 4.19. The minimum absolute atomic E-state index is 0.0591. The van der Waals surface area contributed by atoms with Crippen molar-refractivity contribution in [3.8, 4) is 0 Å². The number of nitrogens with one attached hydrogen (secondary N) is 2. The van der Waals surface area contributed by atoms with Gasteiger partial charge in [-0.3, -0.25) is 9.59 Å². The lowest BCUT2D eigenvalue weighted by atomic mass is 10.3. The summed E-state index contributed by atoms with van der Waals surface area (Å²) in [5, 5.41) is 11.0. The number of hydrogen-bond acceptors (Lipinski definition) is 3. The summed E-state index contributed by atoms with van der Waals surface area (Å²) in [6.07, 6.45) is 0.739. The molecule has 6 heteroatoms. The largest absolute Gasteiger partial charge is 0.481 e. The molecule has 1 heterocycles. The highest BCUT2D eigenvalue weighted by atomic mass is 16.4. The van der Waals surface area contributed by atoms with Gasteiger partial charge in [-0.05, 0) is 12.1 Å². The van der Waals surface area contributed by atoms with Gasteiger partial charge in [-0.15, -0.1) is 0 Å². The van der Waals surface area contributed by atoms with Crippen molar-refractivity contribution in [2.45, 2.75) is 19.3 Å². The van der Waals surface area contributed by atoms with Crippen LogP contribution in [0.4, 0.5) is 0 Å². The maximum Gasteiger partial charge on any atom is 0.305 e. The zero-order chi connectivity index (χ0) is 13.7. The zero-order valence-electron chi connectivity index (χ0n) is 10.3. The Morgan fingerprint density at radius 1 is 1.26 bits per heavy atom. The molecular weight excluding hydrogens is 246 g/mol. The van der Waals surface area contributed by atoms with E-state index in [2.05, 4.69) is 15.3 Å². The predicted octanol–water partition coefficient (Wildman–Crippen LogP) is 1.09. The summed E-state index contributed by atoms with van der Waals surface area (Å²) in [4.78, 5) is 29.3. The molecule has 3 N–H and O–H groups in total. The molecule has 1 aromatic carbocycles. The molecule has 0 bridgehead atoms. The summed E-state index contributed by atoms with van der Waals surface area (Å²) in [6, 6.07) is 7.66. The molecule has 1 amide bonds. The van der Waals surface area contributed by atoms with Crippen molar-refractivity contribution >= 4 is 22.9 Å². The summed E-state index contributed by atoms with van der Waals surface area (Å²) in [7, 11) is 0. The molecule has 0 atom stereocenters. The van der Waals surface area contributed by atoms with E-state index in [0.717, 1.165) is 16.9 Å². The second-order valence-corrected chi connectivity index (χ2v) is 4.19. The molecule has 1 aromatic heterocycles. The van der Waals surface area contributed by atoms with E-state index in [1.54, 1.807) is 0 Å². The number of carbonyl (C=O) groups excluding carboxylic acids is 1. The van der Waals surface area contributed by atoms with Gasteiger partial charge >= 0.3 is 5.97 Å². The normalized spacial score (nSPS) is 10.5. The van der Waals surface area contributed by atoms with Crippen molar-refractivity contribution in [1.29, 1.82) is 0 Å². The number of amides is 1. The highest BCUT2D eigenvalue weighted by Crippen LogP contribution is 2.11. The first-order valence-corrected chi connectivity index (χ1v) is 6.07. The number of fused-ring (bicyclic) bond motifs is 1. The van der Waals surface area contributed by atoms with Crippen LogP contribution in [0.25, 0.3) is 11.0 Å². The van der Waals surface area contributed by atoms with Gasteiger partial charge in [0.1, 0.15) is 5.82 Å². The number of carboxylic acids is 1. The topological polar surface area (TPSA) is 95.1 Å². The van der Waals surface area contributed by atoms with E-state index in [1.165, 1.54) is 0 Å². The summed E-state index contributed by atoms with van der Waals surface area (Å²) < 4.78 is 0. The van der Waals surface area contributed by atoms with Gasteiger partial charge in [0, 0.05) is 19.4 Å². The number of imidazole rings is 1. The van der Waals surface area contributed by atoms with Gasteiger partial charge in [0.15, 0.2) is 0 Å². The number of rotatable bonds is 6. The fourth-order valence-corrected chi connectivity index (χ4v) is 1.75. The van der Waals surface area contributed by atoms with Crippen LogP contribution in [0.15, 0.2) is 24.3 Å².